The molecule has 2 amide bonds. The number of nitrogens with one attached hydrogen (secondary N) is 1. The average Bonchev–Trinajstić information content (AvgIpc) is 3.18. The number of ether oxygens (including phenoxy) is 1. The number of fused-ring (bicyclic) bond motifs is 1. The minimum absolute atomic E-state index is 0.0334. The first-order valence-corrected chi connectivity index (χ1v) is 11.2. The van der Waals surface area contributed by atoms with Crippen LogP contribution in [0.1, 0.15) is 35.2 Å². The van der Waals surface area contributed by atoms with Crippen molar-refractivity contribution in [3.63, 3.8) is 0 Å². The summed E-state index contributed by atoms with van der Waals surface area (Å²) in [6, 6.07) is 18.3. The summed E-state index contributed by atoms with van der Waals surface area (Å²) in [6.45, 7) is 4.22. The molecule has 0 atom stereocenters. The van der Waals surface area contributed by atoms with Gasteiger partial charge in [-0.3, -0.25) is 9.59 Å². The molecule has 5 heteroatoms. The highest BCUT2D eigenvalue weighted by molar-refractivity contribution is 6.11. The SMILES string of the molecule is COc1ccc(-c2ccc(C(=O)N3CCC4(CC3)CNC(=O)C4)c3ccccc23)c(C)c1. The second-order valence-electron chi connectivity index (χ2n) is 9.13. The number of carbonyl (C=O) groups is 2. The molecule has 0 bridgehead atoms. The minimum atomic E-state index is 0.0334. The number of aryl methyl sites for hydroxylation is 1. The van der Waals surface area contributed by atoms with Crippen LogP contribution in [-0.4, -0.2) is 43.5 Å². The lowest BCUT2D eigenvalue weighted by Gasteiger charge is -2.38. The fourth-order valence-electron chi connectivity index (χ4n) is 5.25. The van der Waals surface area contributed by atoms with E-state index in [-0.39, 0.29) is 17.2 Å². The van der Waals surface area contributed by atoms with Gasteiger partial charge in [-0.05, 0) is 70.8 Å². The van der Waals surface area contributed by atoms with Crippen LogP contribution in [0.15, 0.2) is 54.6 Å². The van der Waals surface area contributed by atoms with E-state index in [1.807, 2.05) is 41.3 Å². The zero-order chi connectivity index (χ0) is 22.3. The summed E-state index contributed by atoms with van der Waals surface area (Å²) in [5.74, 6) is 1.05. The summed E-state index contributed by atoms with van der Waals surface area (Å²) in [5.41, 5.74) is 4.16. The van der Waals surface area contributed by atoms with Crippen molar-refractivity contribution >= 4 is 22.6 Å². The number of nitrogens with zero attached hydrogens (tertiary/aromatic N) is 1. The van der Waals surface area contributed by atoms with Gasteiger partial charge in [-0.15, -0.1) is 0 Å². The van der Waals surface area contributed by atoms with E-state index in [9.17, 15) is 9.59 Å². The molecule has 0 aromatic heterocycles. The van der Waals surface area contributed by atoms with Crippen LogP contribution in [0.4, 0.5) is 0 Å². The molecule has 164 valence electrons. The van der Waals surface area contributed by atoms with Crippen molar-refractivity contribution in [2.75, 3.05) is 26.7 Å². The Bertz CT molecular complexity index is 1210. The van der Waals surface area contributed by atoms with Gasteiger partial charge in [0.25, 0.3) is 5.91 Å². The Morgan fingerprint density at radius 2 is 1.72 bits per heavy atom. The molecule has 5 nitrogen and oxygen atoms in total. The summed E-state index contributed by atoms with van der Waals surface area (Å²) in [4.78, 5) is 27.2. The first kappa shape index (κ1) is 20.6. The molecule has 0 unspecified atom stereocenters. The molecule has 2 saturated heterocycles. The lowest BCUT2D eigenvalue weighted by molar-refractivity contribution is -0.119. The van der Waals surface area contributed by atoms with E-state index >= 15 is 0 Å². The maximum atomic E-state index is 13.5. The van der Waals surface area contributed by atoms with Gasteiger partial charge in [-0.1, -0.05) is 36.4 Å². The van der Waals surface area contributed by atoms with Crippen LogP contribution in [0.5, 0.6) is 5.75 Å². The largest absolute Gasteiger partial charge is 0.497 e. The topological polar surface area (TPSA) is 58.6 Å². The maximum absolute atomic E-state index is 13.5. The first-order valence-electron chi connectivity index (χ1n) is 11.2. The third-order valence-electron chi connectivity index (χ3n) is 7.19. The standard InChI is InChI=1S/C27H28N2O3/c1-18-15-19(32-2)7-8-20(18)23-9-10-24(22-6-4-3-5-21(22)23)26(31)29-13-11-27(12-14-29)16-25(30)28-17-27/h3-10,15H,11-14,16-17H2,1-2H3,(H,28,30). The Morgan fingerprint density at radius 1 is 1.00 bits per heavy atom. The molecule has 32 heavy (non-hydrogen) atoms. The summed E-state index contributed by atoms with van der Waals surface area (Å²) < 4.78 is 5.36. The van der Waals surface area contributed by atoms with Gasteiger partial charge in [-0.25, -0.2) is 0 Å². The number of carbonyl (C=O) groups excluding carboxylic acids is 2. The van der Waals surface area contributed by atoms with Crippen LogP contribution in [0.25, 0.3) is 21.9 Å². The van der Waals surface area contributed by atoms with E-state index in [4.69, 9.17) is 4.74 Å². The predicted octanol–water partition coefficient (Wildman–Crippen LogP) is 4.57. The van der Waals surface area contributed by atoms with E-state index in [1.165, 1.54) is 0 Å². The van der Waals surface area contributed by atoms with E-state index in [1.54, 1.807) is 7.11 Å². The fraction of sp³-hybridized carbons (Fsp3) is 0.333. The molecule has 0 radical (unpaired) electrons. The second-order valence-corrected chi connectivity index (χ2v) is 9.13. The van der Waals surface area contributed by atoms with Gasteiger partial charge in [-0.2, -0.15) is 0 Å². The zero-order valence-corrected chi connectivity index (χ0v) is 18.6. The molecule has 2 heterocycles. The Hall–Kier alpha value is -3.34. The van der Waals surface area contributed by atoms with Crippen molar-refractivity contribution in [2.24, 2.45) is 5.41 Å². The second kappa shape index (κ2) is 7.97. The smallest absolute Gasteiger partial charge is 0.254 e. The summed E-state index contributed by atoms with van der Waals surface area (Å²) >= 11 is 0. The molecule has 1 N–H and O–H groups in total. The third kappa shape index (κ3) is 3.52. The van der Waals surface area contributed by atoms with Crippen LogP contribution in [0.2, 0.25) is 0 Å². The number of rotatable bonds is 3. The monoisotopic (exact) mass is 428 g/mol. The zero-order valence-electron chi connectivity index (χ0n) is 18.6. The van der Waals surface area contributed by atoms with Gasteiger partial charge >= 0.3 is 0 Å². The van der Waals surface area contributed by atoms with E-state index < -0.39 is 0 Å². The lowest BCUT2D eigenvalue weighted by atomic mass is 9.77. The average molecular weight is 429 g/mol. The molecular weight excluding hydrogens is 400 g/mol. The van der Waals surface area contributed by atoms with Gasteiger partial charge in [0.05, 0.1) is 7.11 Å². The number of piperidine rings is 1. The maximum Gasteiger partial charge on any atom is 0.254 e. The van der Waals surface area contributed by atoms with Crippen molar-refractivity contribution < 1.29 is 14.3 Å². The minimum Gasteiger partial charge on any atom is -0.497 e. The predicted molar refractivity (Wildman–Crippen MR) is 126 cm³/mol. The Labute approximate surface area is 188 Å². The summed E-state index contributed by atoms with van der Waals surface area (Å²) in [6.07, 6.45) is 2.34. The van der Waals surface area contributed by atoms with Crippen molar-refractivity contribution in [3.8, 4) is 16.9 Å². The highest BCUT2D eigenvalue weighted by Crippen LogP contribution is 2.39. The van der Waals surface area contributed by atoms with E-state index in [2.05, 4.69) is 30.4 Å². The molecule has 0 aliphatic carbocycles. The van der Waals surface area contributed by atoms with Crippen molar-refractivity contribution in [1.29, 1.82) is 0 Å². The molecular formula is C27H28N2O3. The number of benzene rings is 3. The van der Waals surface area contributed by atoms with Crippen LogP contribution in [0, 0.1) is 12.3 Å². The molecule has 2 fully saturated rings. The number of hydrogen-bond donors (Lipinski definition) is 1. The molecule has 3 aromatic rings. The quantitative estimate of drug-likeness (QED) is 0.665. The normalized spacial score (nSPS) is 17.6. The number of amides is 2. The number of hydrogen-bond acceptors (Lipinski definition) is 3. The van der Waals surface area contributed by atoms with E-state index in [0.717, 1.165) is 58.2 Å². The van der Waals surface area contributed by atoms with E-state index in [0.29, 0.717) is 19.5 Å². The van der Waals surface area contributed by atoms with Crippen molar-refractivity contribution in [1.82, 2.24) is 10.2 Å². The summed E-state index contributed by atoms with van der Waals surface area (Å²) in [7, 11) is 1.67. The van der Waals surface area contributed by atoms with Gasteiger partial charge in [0, 0.05) is 31.6 Å². The Balaban J connectivity index is 1.47. The first-order chi connectivity index (χ1) is 15.5. The van der Waals surface area contributed by atoms with Crippen LogP contribution in [0.3, 0.4) is 0 Å². The van der Waals surface area contributed by atoms with Crippen molar-refractivity contribution in [3.05, 3.63) is 65.7 Å². The Morgan fingerprint density at radius 3 is 2.38 bits per heavy atom. The highest BCUT2D eigenvalue weighted by atomic mass is 16.5. The molecule has 0 saturated carbocycles. The summed E-state index contributed by atoms with van der Waals surface area (Å²) in [5, 5.41) is 5.01. The molecule has 2 aliphatic rings. The van der Waals surface area contributed by atoms with Crippen LogP contribution < -0.4 is 10.1 Å². The van der Waals surface area contributed by atoms with Crippen molar-refractivity contribution in [2.45, 2.75) is 26.2 Å². The lowest BCUT2D eigenvalue weighted by Crippen LogP contribution is -2.44. The van der Waals surface area contributed by atoms with Gasteiger partial charge in [0.15, 0.2) is 0 Å². The molecule has 2 aliphatic heterocycles. The Kier molecular flexibility index (Phi) is 5.12. The number of likely N-dealkylation sites (tertiary alicyclic amines) is 1. The third-order valence-corrected chi connectivity index (χ3v) is 7.19. The van der Waals surface area contributed by atoms with Crippen LogP contribution in [-0.2, 0) is 4.79 Å². The van der Waals surface area contributed by atoms with Gasteiger partial charge < -0.3 is 15.0 Å². The van der Waals surface area contributed by atoms with Gasteiger partial charge in [0.2, 0.25) is 5.91 Å². The van der Waals surface area contributed by atoms with Gasteiger partial charge in [0.1, 0.15) is 5.75 Å². The molecule has 1 spiro atoms. The number of methoxy groups -OCH3 is 1. The highest BCUT2D eigenvalue weighted by Gasteiger charge is 2.41. The molecule has 3 aromatic carbocycles. The fourth-order valence-corrected chi connectivity index (χ4v) is 5.25. The van der Waals surface area contributed by atoms with Crippen LogP contribution >= 0.6 is 0 Å². The molecule has 5 rings (SSSR count).